The van der Waals surface area contributed by atoms with E-state index < -0.39 is 11.7 Å². The summed E-state index contributed by atoms with van der Waals surface area (Å²) in [5.41, 5.74) is 1.77. The molecule has 0 saturated carbocycles. The van der Waals surface area contributed by atoms with Crippen molar-refractivity contribution >= 4 is 0 Å². The van der Waals surface area contributed by atoms with Gasteiger partial charge in [-0.15, -0.1) is 0 Å². The Morgan fingerprint density at radius 2 is 1.56 bits per heavy atom. The lowest BCUT2D eigenvalue weighted by Crippen LogP contribution is -2.56. The predicted octanol–water partition coefficient (Wildman–Crippen LogP) is 5.22. The molecule has 1 N–H and O–H groups in total. The minimum atomic E-state index is -0.874. The lowest BCUT2D eigenvalue weighted by Gasteiger charge is -2.48. The number of hydrogen-bond acceptors (Lipinski definition) is 3. The molecule has 146 valence electrons. The number of ether oxygens (including phenoxy) is 2. The number of hydrogen-bond donors (Lipinski definition) is 1. The van der Waals surface area contributed by atoms with Crippen molar-refractivity contribution in [3.63, 3.8) is 0 Å². The van der Waals surface area contributed by atoms with Gasteiger partial charge in [-0.3, -0.25) is 0 Å². The molecule has 4 atom stereocenters. The van der Waals surface area contributed by atoms with E-state index in [9.17, 15) is 5.11 Å². The average Bonchev–Trinajstić information content (AvgIpc) is 2.71. The van der Waals surface area contributed by atoms with E-state index in [-0.39, 0.29) is 12.4 Å². The quantitative estimate of drug-likeness (QED) is 0.650. The Labute approximate surface area is 163 Å². The third-order valence-corrected chi connectivity index (χ3v) is 5.76. The molecule has 0 bridgehead atoms. The maximum atomic E-state index is 11.0. The van der Waals surface area contributed by atoms with E-state index in [0.717, 1.165) is 31.2 Å². The van der Waals surface area contributed by atoms with Gasteiger partial charge < -0.3 is 14.6 Å². The fraction of sp³-hybridized carbons (Fsp3) is 0.500. The van der Waals surface area contributed by atoms with Crippen molar-refractivity contribution in [1.82, 2.24) is 0 Å². The summed E-state index contributed by atoms with van der Waals surface area (Å²) in [5, 5.41) is 11.0. The zero-order valence-corrected chi connectivity index (χ0v) is 16.5. The van der Waals surface area contributed by atoms with E-state index in [0.29, 0.717) is 0 Å². The van der Waals surface area contributed by atoms with Gasteiger partial charge in [0.05, 0.1) is 11.5 Å². The zero-order chi connectivity index (χ0) is 19.1. The van der Waals surface area contributed by atoms with Crippen LogP contribution in [0.2, 0.25) is 0 Å². The van der Waals surface area contributed by atoms with Gasteiger partial charge in [0.25, 0.3) is 0 Å². The van der Waals surface area contributed by atoms with Gasteiger partial charge in [-0.2, -0.15) is 0 Å². The highest BCUT2D eigenvalue weighted by molar-refractivity contribution is 5.28. The standard InChI is InChI=1S/C24H32O3/c1-3-4-7-16-21-24(2,20-14-10-6-11-15-20)23(25)27-22(26-21)18-17-19-12-8-5-9-13-19/h5-6,8-15,21-23,25H,3-4,7,16-18H2,1-2H3. The van der Waals surface area contributed by atoms with Crippen molar-refractivity contribution in [1.29, 1.82) is 0 Å². The van der Waals surface area contributed by atoms with Gasteiger partial charge in [-0.05, 0) is 30.9 Å². The summed E-state index contributed by atoms with van der Waals surface area (Å²) in [6.45, 7) is 4.27. The fourth-order valence-corrected chi connectivity index (χ4v) is 3.94. The average molecular weight is 369 g/mol. The van der Waals surface area contributed by atoms with Crippen molar-refractivity contribution < 1.29 is 14.6 Å². The molecule has 3 rings (SSSR count). The van der Waals surface area contributed by atoms with Crippen LogP contribution in [0.25, 0.3) is 0 Å². The van der Waals surface area contributed by atoms with Crippen molar-refractivity contribution in [3.8, 4) is 0 Å². The molecular weight excluding hydrogens is 336 g/mol. The van der Waals surface area contributed by atoms with E-state index in [4.69, 9.17) is 9.47 Å². The van der Waals surface area contributed by atoms with Crippen LogP contribution >= 0.6 is 0 Å². The molecule has 1 fully saturated rings. The van der Waals surface area contributed by atoms with Crippen LogP contribution in [0.3, 0.4) is 0 Å². The SMILES string of the molecule is CCCCCC1OC(CCc2ccccc2)OC(O)C1(C)c1ccccc1. The maximum absolute atomic E-state index is 11.0. The minimum Gasteiger partial charge on any atom is -0.367 e. The first kappa shape index (κ1) is 20.1. The van der Waals surface area contributed by atoms with Crippen LogP contribution in [0, 0.1) is 0 Å². The molecule has 1 aliphatic heterocycles. The monoisotopic (exact) mass is 368 g/mol. The van der Waals surface area contributed by atoms with E-state index in [2.05, 4.69) is 38.1 Å². The van der Waals surface area contributed by atoms with Crippen molar-refractivity contribution in [3.05, 3.63) is 71.8 Å². The molecule has 0 amide bonds. The van der Waals surface area contributed by atoms with Crippen LogP contribution in [0.4, 0.5) is 0 Å². The van der Waals surface area contributed by atoms with Crippen LogP contribution in [0.1, 0.15) is 57.1 Å². The summed E-state index contributed by atoms with van der Waals surface area (Å²) >= 11 is 0. The molecule has 1 heterocycles. The number of unbranched alkanes of at least 4 members (excludes halogenated alkanes) is 2. The molecular formula is C24H32O3. The summed E-state index contributed by atoms with van der Waals surface area (Å²) in [6.07, 6.45) is 4.70. The Morgan fingerprint density at radius 1 is 0.889 bits per heavy atom. The Bertz CT molecular complexity index is 673. The molecule has 27 heavy (non-hydrogen) atoms. The molecule has 1 saturated heterocycles. The molecule has 2 aromatic carbocycles. The molecule has 3 heteroatoms. The number of rotatable bonds is 8. The van der Waals surface area contributed by atoms with Gasteiger partial charge in [-0.25, -0.2) is 0 Å². The van der Waals surface area contributed by atoms with Crippen LogP contribution in [-0.4, -0.2) is 23.8 Å². The van der Waals surface area contributed by atoms with Crippen LogP contribution in [0.15, 0.2) is 60.7 Å². The maximum Gasteiger partial charge on any atom is 0.169 e. The van der Waals surface area contributed by atoms with Crippen molar-refractivity contribution in [2.45, 2.75) is 76.5 Å². The summed E-state index contributed by atoms with van der Waals surface area (Å²) in [7, 11) is 0. The van der Waals surface area contributed by atoms with Crippen LogP contribution in [0.5, 0.6) is 0 Å². The summed E-state index contributed by atoms with van der Waals surface area (Å²) in [6, 6.07) is 20.5. The second-order valence-electron chi connectivity index (χ2n) is 7.71. The highest BCUT2D eigenvalue weighted by Crippen LogP contribution is 2.41. The summed E-state index contributed by atoms with van der Waals surface area (Å²) in [4.78, 5) is 0. The van der Waals surface area contributed by atoms with Gasteiger partial charge >= 0.3 is 0 Å². The normalized spacial score (nSPS) is 28.2. The van der Waals surface area contributed by atoms with Crippen LogP contribution in [-0.2, 0) is 21.3 Å². The lowest BCUT2D eigenvalue weighted by atomic mass is 9.74. The first-order valence-electron chi connectivity index (χ1n) is 10.2. The first-order valence-corrected chi connectivity index (χ1v) is 10.2. The van der Waals surface area contributed by atoms with Crippen molar-refractivity contribution in [2.75, 3.05) is 0 Å². The number of aryl methyl sites for hydroxylation is 1. The Hall–Kier alpha value is -1.68. The highest BCUT2D eigenvalue weighted by Gasteiger charge is 2.49. The number of aliphatic hydroxyl groups excluding tert-OH is 1. The fourth-order valence-electron chi connectivity index (χ4n) is 3.94. The minimum absolute atomic E-state index is 0.0593. The van der Waals surface area contributed by atoms with E-state index >= 15 is 0 Å². The second-order valence-corrected chi connectivity index (χ2v) is 7.71. The van der Waals surface area contributed by atoms with Gasteiger partial charge in [0.2, 0.25) is 0 Å². The molecule has 0 aliphatic carbocycles. The highest BCUT2D eigenvalue weighted by atomic mass is 16.7. The Balaban J connectivity index is 1.73. The summed E-state index contributed by atoms with van der Waals surface area (Å²) in [5.74, 6) is 0. The topological polar surface area (TPSA) is 38.7 Å². The molecule has 1 aliphatic rings. The summed E-state index contributed by atoms with van der Waals surface area (Å²) < 4.78 is 12.4. The Kier molecular flexibility index (Phi) is 7.06. The Morgan fingerprint density at radius 3 is 2.22 bits per heavy atom. The van der Waals surface area contributed by atoms with Gasteiger partial charge in [0.1, 0.15) is 0 Å². The first-order chi connectivity index (χ1) is 13.1. The second kappa shape index (κ2) is 9.50. The number of benzene rings is 2. The van der Waals surface area contributed by atoms with E-state index in [1.807, 2.05) is 36.4 Å². The van der Waals surface area contributed by atoms with Crippen LogP contribution < -0.4 is 0 Å². The predicted molar refractivity (Wildman–Crippen MR) is 108 cm³/mol. The lowest BCUT2D eigenvalue weighted by molar-refractivity contribution is -0.330. The molecule has 2 aromatic rings. The number of aliphatic hydroxyl groups is 1. The van der Waals surface area contributed by atoms with Gasteiger partial charge in [0.15, 0.2) is 12.6 Å². The molecule has 0 spiro atoms. The molecule has 3 nitrogen and oxygen atoms in total. The van der Waals surface area contributed by atoms with E-state index in [1.54, 1.807) is 0 Å². The smallest absolute Gasteiger partial charge is 0.169 e. The van der Waals surface area contributed by atoms with Gasteiger partial charge in [0, 0.05) is 6.42 Å². The zero-order valence-electron chi connectivity index (χ0n) is 16.5. The molecule has 0 radical (unpaired) electrons. The molecule has 4 unspecified atom stereocenters. The molecule has 0 aromatic heterocycles. The third-order valence-electron chi connectivity index (χ3n) is 5.76. The third kappa shape index (κ3) is 4.78. The largest absolute Gasteiger partial charge is 0.367 e. The van der Waals surface area contributed by atoms with Crippen molar-refractivity contribution in [2.24, 2.45) is 0 Å². The van der Waals surface area contributed by atoms with Gasteiger partial charge in [-0.1, -0.05) is 86.8 Å². The van der Waals surface area contributed by atoms with E-state index in [1.165, 1.54) is 18.4 Å².